The minimum Gasteiger partial charge on any atom is -0.430 e. The number of carbonyl (C=O) groups excluding carboxylic acids is 2. The lowest BCUT2D eigenvalue weighted by atomic mass is 9.86. The summed E-state index contributed by atoms with van der Waals surface area (Å²) in [5, 5.41) is 0. The second kappa shape index (κ2) is 5.99. The SMILES string of the molecule is CC1=C(C2CCCC2)OC(=O)C(c2ccc(C)cc2Br)C1=O. The van der Waals surface area contributed by atoms with Gasteiger partial charge in [-0.25, -0.2) is 0 Å². The molecule has 4 heteroatoms. The van der Waals surface area contributed by atoms with E-state index in [0.717, 1.165) is 35.7 Å². The van der Waals surface area contributed by atoms with Gasteiger partial charge in [0.15, 0.2) is 5.78 Å². The molecule has 0 saturated heterocycles. The molecule has 1 atom stereocenters. The van der Waals surface area contributed by atoms with Crippen molar-refractivity contribution in [2.45, 2.75) is 45.4 Å². The summed E-state index contributed by atoms with van der Waals surface area (Å²) in [5.74, 6) is -0.563. The number of allylic oxidation sites excluding steroid dienone is 2. The molecule has 3 nitrogen and oxygen atoms in total. The molecule has 0 spiro atoms. The van der Waals surface area contributed by atoms with E-state index in [1.165, 1.54) is 0 Å². The summed E-state index contributed by atoms with van der Waals surface area (Å²) in [6, 6.07) is 5.66. The van der Waals surface area contributed by atoms with Crippen molar-refractivity contribution in [3.63, 3.8) is 0 Å². The average Bonchev–Trinajstić information content (AvgIpc) is 2.99. The summed E-state index contributed by atoms with van der Waals surface area (Å²) in [4.78, 5) is 25.2. The normalized spacial score (nSPS) is 23.1. The van der Waals surface area contributed by atoms with E-state index in [9.17, 15) is 9.59 Å². The van der Waals surface area contributed by atoms with Crippen molar-refractivity contribution in [3.05, 3.63) is 45.1 Å². The Balaban J connectivity index is 1.98. The number of carbonyl (C=O) groups is 2. The number of cyclic esters (lactones) is 1. The zero-order valence-corrected chi connectivity index (χ0v) is 14.4. The Labute approximate surface area is 138 Å². The van der Waals surface area contributed by atoms with Gasteiger partial charge in [-0.2, -0.15) is 0 Å². The molecule has 0 N–H and O–H groups in total. The predicted molar refractivity (Wildman–Crippen MR) is 87.4 cm³/mol. The van der Waals surface area contributed by atoms with Crippen LogP contribution in [-0.2, 0) is 14.3 Å². The van der Waals surface area contributed by atoms with Crippen LogP contribution in [0.25, 0.3) is 0 Å². The quantitative estimate of drug-likeness (QED) is 0.577. The summed E-state index contributed by atoms with van der Waals surface area (Å²) < 4.78 is 6.38. The van der Waals surface area contributed by atoms with E-state index in [-0.39, 0.29) is 11.7 Å². The molecule has 1 fully saturated rings. The maximum absolute atomic E-state index is 12.8. The van der Waals surface area contributed by atoms with Crippen molar-refractivity contribution in [1.29, 1.82) is 0 Å². The van der Waals surface area contributed by atoms with Crippen LogP contribution in [0.2, 0.25) is 0 Å². The molecular formula is C18H19BrO3. The molecule has 1 aromatic rings. The molecule has 0 bridgehead atoms. The van der Waals surface area contributed by atoms with Gasteiger partial charge in [-0.1, -0.05) is 40.9 Å². The molecular weight excluding hydrogens is 344 g/mol. The van der Waals surface area contributed by atoms with Gasteiger partial charge in [0.25, 0.3) is 0 Å². The van der Waals surface area contributed by atoms with Crippen LogP contribution in [0.1, 0.15) is 49.7 Å². The van der Waals surface area contributed by atoms with Crippen LogP contribution in [0.5, 0.6) is 0 Å². The second-order valence-electron chi connectivity index (χ2n) is 6.21. The highest BCUT2D eigenvalue weighted by Gasteiger charge is 2.40. The van der Waals surface area contributed by atoms with Gasteiger partial charge in [0, 0.05) is 16.0 Å². The van der Waals surface area contributed by atoms with Crippen LogP contribution in [0.3, 0.4) is 0 Å². The van der Waals surface area contributed by atoms with E-state index >= 15 is 0 Å². The zero-order valence-electron chi connectivity index (χ0n) is 12.8. The molecule has 116 valence electrons. The molecule has 1 heterocycles. The van der Waals surface area contributed by atoms with Crippen molar-refractivity contribution < 1.29 is 14.3 Å². The van der Waals surface area contributed by atoms with Crippen molar-refractivity contribution >= 4 is 27.7 Å². The van der Waals surface area contributed by atoms with E-state index in [1.54, 1.807) is 6.92 Å². The molecule has 1 aromatic carbocycles. The number of rotatable bonds is 2. The van der Waals surface area contributed by atoms with Crippen molar-refractivity contribution in [1.82, 2.24) is 0 Å². The lowest BCUT2D eigenvalue weighted by molar-refractivity contribution is -0.147. The number of hydrogen-bond acceptors (Lipinski definition) is 3. The summed E-state index contributed by atoms with van der Waals surface area (Å²) >= 11 is 3.46. The van der Waals surface area contributed by atoms with Gasteiger partial charge in [0.05, 0.1) is 0 Å². The van der Waals surface area contributed by atoms with Gasteiger partial charge >= 0.3 is 5.97 Å². The van der Waals surface area contributed by atoms with Gasteiger partial charge in [0.1, 0.15) is 11.7 Å². The van der Waals surface area contributed by atoms with Crippen LogP contribution in [-0.4, -0.2) is 11.8 Å². The van der Waals surface area contributed by atoms with E-state index in [1.807, 2.05) is 25.1 Å². The second-order valence-corrected chi connectivity index (χ2v) is 7.07. The third-order valence-electron chi connectivity index (χ3n) is 4.64. The summed E-state index contributed by atoms with van der Waals surface area (Å²) in [6.07, 6.45) is 4.29. The minimum atomic E-state index is -0.847. The third-order valence-corrected chi connectivity index (χ3v) is 5.33. The van der Waals surface area contributed by atoms with Gasteiger partial charge in [-0.15, -0.1) is 0 Å². The number of Topliss-reactive ketones (excluding diaryl/α,β-unsaturated/α-hetero) is 1. The summed E-state index contributed by atoms with van der Waals surface area (Å²) in [5.41, 5.74) is 2.38. The minimum absolute atomic E-state index is 0.122. The van der Waals surface area contributed by atoms with Crippen LogP contribution < -0.4 is 0 Å². The standard InChI is InChI=1S/C18H19BrO3/c1-10-7-8-13(14(19)9-10)15-16(20)11(2)17(22-18(15)21)12-5-3-4-6-12/h7-9,12,15H,3-6H2,1-2H3. The maximum Gasteiger partial charge on any atom is 0.326 e. The van der Waals surface area contributed by atoms with Crippen LogP contribution in [0, 0.1) is 12.8 Å². The van der Waals surface area contributed by atoms with E-state index in [2.05, 4.69) is 15.9 Å². The first-order valence-electron chi connectivity index (χ1n) is 7.71. The fourth-order valence-electron chi connectivity index (χ4n) is 3.40. The molecule has 1 aliphatic carbocycles. The first-order chi connectivity index (χ1) is 10.5. The van der Waals surface area contributed by atoms with Crippen molar-refractivity contribution in [3.8, 4) is 0 Å². The van der Waals surface area contributed by atoms with Crippen LogP contribution >= 0.6 is 15.9 Å². The largest absolute Gasteiger partial charge is 0.430 e. The lowest BCUT2D eigenvalue weighted by Crippen LogP contribution is -2.32. The fraction of sp³-hybridized carbons (Fsp3) is 0.444. The molecule has 3 rings (SSSR count). The number of ether oxygens (including phenoxy) is 1. The fourth-order valence-corrected chi connectivity index (χ4v) is 4.12. The molecule has 0 radical (unpaired) electrons. The first-order valence-corrected chi connectivity index (χ1v) is 8.51. The summed E-state index contributed by atoms with van der Waals surface area (Å²) in [7, 11) is 0. The predicted octanol–water partition coefficient (Wildman–Crippen LogP) is 4.43. The highest BCUT2D eigenvalue weighted by Crippen LogP contribution is 2.40. The Kier molecular flexibility index (Phi) is 4.22. The number of ketones is 1. The zero-order chi connectivity index (χ0) is 15.9. The Morgan fingerprint density at radius 1 is 1.14 bits per heavy atom. The highest BCUT2D eigenvalue weighted by molar-refractivity contribution is 9.10. The smallest absolute Gasteiger partial charge is 0.326 e. The molecule has 0 aromatic heterocycles. The van der Waals surface area contributed by atoms with E-state index in [0.29, 0.717) is 16.9 Å². The van der Waals surface area contributed by atoms with Crippen molar-refractivity contribution in [2.75, 3.05) is 0 Å². The van der Waals surface area contributed by atoms with Gasteiger partial charge < -0.3 is 4.74 Å². The molecule has 1 aliphatic heterocycles. The molecule has 0 amide bonds. The number of esters is 1. The van der Waals surface area contributed by atoms with Gasteiger partial charge in [0.2, 0.25) is 0 Å². The van der Waals surface area contributed by atoms with Crippen LogP contribution in [0.4, 0.5) is 0 Å². The summed E-state index contributed by atoms with van der Waals surface area (Å²) in [6.45, 7) is 3.76. The average molecular weight is 363 g/mol. The van der Waals surface area contributed by atoms with Gasteiger partial charge in [-0.05, 0) is 43.9 Å². The number of aryl methyl sites for hydroxylation is 1. The monoisotopic (exact) mass is 362 g/mol. The van der Waals surface area contributed by atoms with Crippen molar-refractivity contribution in [2.24, 2.45) is 5.92 Å². The molecule has 1 saturated carbocycles. The Hall–Kier alpha value is -1.42. The number of benzene rings is 1. The van der Waals surface area contributed by atoms with Gasteiger partial charge in [-0.3, -0.25) is 9.59 Å². The number of hydrogen-bond donors (Lipinski definition) is 0. The Morgan fingerprint density at radius 2 is 1.82 bits per heavy atom. The number of halogens is 1. The van der Waals surface area contributed by atoms with E-state index in [4.69, 9.17) is 4.74 Å². The van der Waals surface area contributed by atoms with Crippen LogP contribution in [0.15, 0.2) is 34.0 Å². The molecule has 2 aliphatic rings. The van der Waals surface area contributed by atoms with E-state index < -0.39 is 11.9 Å². The highest BCUT2D eigenvalue weighted by atomic mass is 79.9. The topological polar surface area (TPSA) is 43.4 Å². The maximum atomic E-state index is 12.8. The first kappa shape index (κ1) is 15.5. The lowest BCUT2D eigenvalue weighted by Gasteiger charge is -2.27. The Bertz CT molecular complexity index is 669. The molecule has 22 heavy (non-hydrogen) atoms. The molecule has 1 unspecified atom stereocenters. The third kappa shape index (κ3) is 2.65. The Morgan fingerprint density at radius 3 is 2.45 bits per heavy atom.